The highest BCUT2D eigenvalue weighted by Gasteiger charge is 2.21. The maximum absolute atomic E-state index is 6.28. The Labute approximate surface area is 133 Å². The van der Waals surface area contributed by atoms with Gasteiger partial charge < -0.3 is 10.5 Å². The number of halogens is 1. The lowest BCUT2D eigenvalue weighted by atomic mass is 10.1. The second-order valence-electron chi connectivity index (χ2n) is 4.43. The molecule has 2 nitrogen and oxygen atoms in total. The van der Waals surface area contributed by atoms with Crippen LogP contribution in [-0.4, -0.2) is 13.2 Å². The van der Waals surface area contributed by atoms with Crippen molar-refractivity contribution < 1.29 is 4.74 Å². The molecule has 0 radical (unpaired) electrons. The number of rotatable bonds is 6. The van der Waals surface area contributed by atoms with Crippen molar-refractivity contribution in [2.24, 2.45) is 5.73 Å². The Morgan fingerprint density at radius 3 is 2.45 bits per heavy atom. The van der Waals surface area contributed by atoms with Crippen LogP contribution in [0.25, 0.3) is 0 Å². The lowest BCUT2D eigenvalue weighted by molar-refractivity contribution is 0.414. The molecular weight excluding hydrogens is 310 g/mol. The molecule has 0 aliphatic carbocycles. The minimum absolute atomic E-state index is 0.108. The van der Waals surface area contributed by atoms with E-state index in [0.29, 0.717) is 0 Å². The van der Waals surface area contributed by atoms with E-state index in [4.69, 9.17) is 22.1 Å². The minimum Gasteiger partial charge on any atom is -0.497 e. The van der Waals surface area contributed by atoms with E-state index in [9.17, 15) is 0 Å². The second kappa shape index (κ2) is 7.36. The molecule has 2 atom stereocenters. The van der Waals surface area contributed by atoms with Crippen LogP contribution in [0.3, 0.4) is 0 Å². The molecule has 2 N–H and O–H groups in total. The molecule has 0 fully saturated rings. The van der Waals surface area contributed by atoms with E-state index in [2.05, 4.69) is 25.1 Å². The predicted molar refractivity (Wildman–Crippen MR) is 89.2 cm³/mol. The van der Waals surface area contributed by atoms with Gasteiger partial charge in [-0.15, -0.1) is 23.1 Å². The van der Waals surface area contributed by atoms with Crippen LogP contribution in [0.5, 0.6) is 5.75 Å². The Hall–Kier alpha value is -0.680. The topological polar surface area (TPSA) is 35.2 Å². The summed E-state index contributed by atoms with van der Waals surface area (Å²) in [6.45, 7) is 2.11. The highest BCUT2D eigenvalue weighted by molar-refractivity contribution is 7.99. The summed E-state index contributed by atoms with van der Waals surface area (Å²) in [4.78, 5) is 2.41. The molecule has 1 aromatic heterocycles. The van der Waals surface area contributed by atoms with Crippen molar-refractivity contribution in [3.8, 4) is 5.75 Å². The summed E-state index contributed by atoms with van der Waals surface area (Å²) in [5.41, 5.74) is 6.28. The van der Waals surface area contributed by atoms with Gasteiger partial charge in [0.05, 0.1) is 16.7 Å². The minimum atomic E-state index is 0.108. The molecule has 20 heavy (non-hydrogen) atoms. The third-order valence-corrected chi connectivity index (χ3v) is 5.92. The van der Waals surface area contributed by atoms with Crippen molar-refractivity contribution in [3.05, 3.63) is 45.6 Å². The van der Waals surface area contributed by atoms with E-state index in [1.54, 1.807) is 30.2 Å². The van der Waals surface area contributed by atoms with Crippen LogP contribution >= 0.6 is 34.7 Å². The summed E-state index contributed by atoms with van der Waals surface area (Å²) in [6.07, 6.45) is 0.934. The lowest BCUT2D eigenvalue weighted by Gasteiger charge is -2.21. The van der Waals surface area contributed by atoms with Gasteiger partial charge in [0.15, 0.2) is 0 Å². The van der Waals surface area contributed by atoms with E-state index in [1.165, 1.54) is 9.77 Å². The summed E-state index contributed by atoms with van der Waals surface area (Å²) in [5.74, 6) is 0.866. The van der Waals surface area contributed by atoms with E-state index in [1.807, 2.05) is 18.2 Å². The standard InChI is InChI=1S/C15H18ClNOS2/c1-3-12(17)15(13-8-9-14(16)20-13)19-11-6-4-10(18-2)5-7-11/h4-9,12,15H,3,17H2,1-2H3. The van der Waals surface area contributed by atoms with Gasteiger partial charge in [-0.25, -0.2) is 0 Å². The average molecular weight is 328 g/mol. The van der Waals surface area contributed by atoms with Crippen molar-refractivity contribution in [1.82, 2.24) is 0 Å². The van der Waals surface area contributed by atoms with Crippen molar-refractivity contribution >= 4 is 34.7 Å². The molecule has 0 amide bonds. The van der Waals surface area contributed by atoms with Gasteiger partial charge in [0, 0.05) is 15.8 Å². The zero-order valence-corrected chi connectivity index (χ0v) is 13.9. The van der Waals surface area contributed by atoms with Crippen LogP contribution in [0.15, 0.2) is 41.3 Å². The number of hydrogen-bond donors (Lipinski definition) is 1. The van der Waals surface area contributed by atoms with Gasteiger partial charge in [-0.05, 0) is 42.8 Å². The fourth-order valence-corrected chi connectivity index (χ4v) is 4.41. The molecular formula is C15H18ClNOS2. The Bertz CT molecular complexity index is 541. The fraction of sp³-hybridized carbons (Fsp3) is 0.333. The molecule has 0 bridgehead atoms. The molecule has 1 aromatic carbocycles. The van der Waals surface area contributed by atoms with Gasteiger partial charge in [0.25, 0.3) is 0 Å². The molecule has 1 heterocycles. The number of methoxy groups -OCH3 is 1. The molecule has 2 aromatic rings. The van der Waals surface area contributed by atoms with E-state index >= 15 is 0 Å². The first-order valence-corrected chi connectivity index (χ1v) is 8.53. The van der Waals surface area contributed by atoms with Gasteiger partial charge >= 0.3 is 0 Å². The van der Waals surface area contributed by atoms with Crippen LogP contribution in [0.2, 0.25) is 4.34 Å². The van der Waals surface area contributed by atoms with Gasteiger partial charge in [-0.2, -0.15) is 0 Å². The molecule has 0 aliphatic rings. The first-order valence-electron chi connectivity index (χ1n) is 6.45. The maximum Gasteiger partial charge on any atom is 0.118 e. The Morgan fingerprint density at radius 2 is 1.95 bits per heavy atom. The van der Waals surface area contributed by atoms with Crippen LogP contribution in [-0.2, 0) is 0 Å². The quantitative estimate of drug-likeness (QED) is 0.760. The van der Waals surface area contributed by atoms with Crippen LogP contribution in [0, 0.1) is 0 Å². The summed E-state index contributed by atoms with van der Waals surface area (Å²) in [5, 5.41) is 0.228. The Morgan fingerprint density at radius 1 is 1.25 bits per heavy atom. The number of thiophene rings is 1. The summed E-state index contributed by atoms with van der Waals surface area (Å²) in [7, 11) is 1.67. The van der Waals surface area contributed by atoms with Crippen molar-refractivity contribution in [2.75, 3.05) is 7.11 Å². The zero-order chi connectivity index (χ0) is 14.5. The van der Waals surface area contributed by atoms with Crippen LogP contribution in [0.4, 0.5) is 0 Å². The summed E-state index contributed by atoms with van der Waals surface area (Å²) >= 11 is 9.43. The highest BCUT2D eigenvalue weighted by Crippen LogP contribution is 2.42. The molecule has 5 heteroatoms. The summed E-state index contributed by atoms with van der Waals surface area (Å²) < 4.78 is 5.99. The molecule has 2 unspecified atom stereocenters. The predicted octanol–water partition coefficient (Wildman–Crippen LogP) is 4.98. The number of nitrogens with two attached hydrogens (primary N) is 1. The average Bonchev–Trinajstić information content (AvgIpc) is 2.91. The monoisotopic (exact) mass is 327 g/mol. The fourth-order valence-electron chi connectivity index (χ4n) is 1.85. The first kappa shape index (κ1) is 15.7. The van der Waals surface area contributed by atoms with Gasteiger partial charge in [0.1, 0.15) is 5.75 Å². The maximum atomic E-state index is 6.28. The van der Waals surface area contributed by atoms with Gasteiger partial charge in [0.2, 0.25) is 0 Å². The smallest absolute Gasteiger partial charge is 0.118 e. The largest absolute Gasteiger partial charge is 0.497 e. The van der Waals surface area contributed by atoms with E-state index < -0.39 is 0 Å². The van der Waals surface area contributed by atoms with Gasteiger partial charge in [-0.1, -0.05) is 18.5 Å². The molecule has 0 aliphatic heterocycles. The molecule has 108 valence electrons. The number of ether oxygens (including phenoxy) is 1. The van der Waals surface area contributed by atoms with E-state index in [0.717, 1.165) is 16.5 Å². The number of hydrogen-bond acceptors (Lipinski definition) is 4. The SMILES string of the molecule is CCC(N)C(Sc1ccc(OC)cc1)c1ccc(Cl)s1. The molecule has 0 spiro atoms. The van der Waals surface area contributed by atoms with E-state index in [-0.39, 0.29) is 11.3 Å². The molecule has 0 saturated carbocycles. The first-order chi connectivity index (χ1) is 9.63. The Kier molecular flexibility index (Phi) is 5.78. The highest BCUT2D eigenvalue weighted by atomic mass is 35.5. The van der Waals surface area contributed by atoms with Crippen molar-refractivity contribution in [1.29, 1.82) is 0 Å². The normalized spacial score (nSPS) is 14.0. The van der Waals surface area contributed by atoms with Gasteiger partial charge in [-0.3, -0.25) is 0 Å². The Balaban J connectivity index is 2.18. The zero-order valence-electron chi connectivity index (χ0n) is 11.5. The third kappa shape index (κ3) is 3.92. The van der Waals surface area contributed by atoms with Crippen LogP contribution < -0.4 is 10.5 Å². The van der Waals surface area contributed by atoms with Crippen LogP contribution in [0.1, 0.15) is 23.5 Å². The molecule has 0 saturated heterocycles. The lowest BCUT2D eigenvalue weighted by Crippen LogP contribution is -2.25. The van der Waals surface area contributed by atoms with Crippen molar-refractivity contribution in [3.63, 3.8) is 0 Å². The summed E-state index contributed by atoms with van der Waals surface area (Å²) in [6, 6.07) is 12.2. The second-order valence-corrected chi connectivity index (χ2v) is 7.39. The van der Waals surface area contributed by atoms with Crippen molar-refractivity contribution in [2.45, 2.75) is 29.5 Å². The number of thioether (sulfide) groups is 1. The third-order valence-electron chi connectivity index (χ3n) is 3.06. The molecule has 2 rings (SSSR count). The number of benzene rings is 1.